The van der Waals surface area contributed by atoms with Gasteiger partial charge in [-0.2, -0.15) is 0 Å². The van der Waals surface area contributed by atoms with Crippen LogP contribution in [0.25, 0.3) is 0 Å². The molecule has 47 heavy (non-hydrogen) atoms. The van der Waals surface area contributed by atoms with Gasteiger partial charge in [0, 0.05) is 48.7 Å². The number of amides is 3. The summed E-state index contributed by atoms with van der Waals surface area (Å²) in [5.74, 6) is 2.53. The topological polar surface area (TPSA) is 92.4 Å². The number of hydrogen-bond donors (Lipinski definition) is 2. The molecule has 0 radical (unpaired) electrons. The number of nitrogens with zero attached hydrogens (tertiary/aromatic N) is 2. The summed E-state index contributed by atoms with van der Waals surface area (Å²) in [7, 11) is 1.57. The molecule has 0 spiro atoms. The van der Waals surface area contributed by atoms with Crippen molar-refractivity contribution in [3.8, 4) is 23.0 Å². The van der Waals surface area contributed by atoms with Gasteiger partial charge in [-0.1, -0.05) is 27.2 Å². The van der Waals surface area contributed by atoms with E-state index in [-0.39, 0.29) is 24.1 Å². The van der Waals surface area contributed by atoms with Crippen molar-refractivity contribution < 1.29 is 23.8 Å². The minimum atomic E-state index is -0.250. The summed E-state index contributed by atoms with van der Waals surface area (Å²) in [5, 5.41) is 5.84. The summed E-state index contributed by atoms with van der Waals surface area (Å²) in [6.07, 6.45) is 7.24. The minimum Gasteiger partial charge on any atom is -0.493 e. The lowest BCUT2D eigenvalue weighted by molar-refractivity contribution is 0.0983. The zero-order chi connectivity index (χ0) is 33.3. The van der Waals surface area contributed by atoms with Crippen molar-refractivity contribution in [2.45, 2.75) is 84.8 Å². The van der Waals surface area contributed by atoms with Crippen molar-refractivity contribution in [3.63, 3.8) is 0 Å². The first-order valence-corrected chi connectivity index (χ1v) is 17.2. The molecule has 2 aliphatic heterocycles. The number of hydrogen-bond acceptors (Lipinski definition) is 6. The number of ether oxygens (including phenoxy) is 3. The van der Waals surface area contributed by atoms with Gasteiger partial charge in [-0.05, 0) is 112 Å². The molecular weight excluding hydrogens is 592 g/mol. The lowest BCUT2D eigenvalue weighted by Crippen LogP contribution is -2.38. The number of benzene rings is 3. The van der Waals surface area contributed by atoms with Gasteiger partial charge < -0.3 is 34.6 Å². The SMILES string of the molecule is CCCCN1CCC(Oc2ccc(C(=O)N3CCc4cc(Oc5ccc(NC(=O)NC(CC)CC)cc5OC)ccc43)cc2C)CC1. The number of likely N-dealkylation sites (tertiary alicyclic amines) is 1. The third-order valence-electron chi connectivity index (χ3n) is 9.24. The Labute approximate surface area is 279 Å². The van der Waals surface area contributed by atoms with E-state index in [0.29, 0.717) is 35.0 Å². The molecule has 252 valence electrons. The van der Waals surface area contributed by atoms with Crippen LogP contribution in [0.3, 0.4) is 0 Å². The lowest BCUT2D eigenvalue weighted by Gasteiger charge is -2.32. The highest BCUT2D eigenvalue weighted by Crippen LogP contribution is 2.38. The van der Waals surface area contributed by atoms with Crippen molar-refractivity contribution in [2.24, 2.45) is 0 Å². The van der Waals surface area contributed by atoms with Crippen molar-refractivity contribution >= 4 is 23.3 Å². The molecule has 0 saturated carbocycles. The zero-order valence-electron chi connectivity index (χ0n) is 28.6. The molecule has 1 saturated heterocycles. The van der Waals surface area contributed by atoms with Crippen LogP contribution in [-0.4, -0.2) is 62.3 Å². The summed E-state index contributed by atoms with van der Waals surface area (Å²) < 4.78 is 18.2. The highest BCUT2D eigenvalue weighted by Gasteiger charge is 2.27. The van der Waals surface area contributed by atoms with Crippen LogP contribution in [0.1, 0.15) is 80.8 Å². The van der Waals surface area contributed by atoms with Crippen LogP contribution >= 0.6 is 0 Å². The first-order valence-electron chi connectivity index (χ1n) is 17.2. The Morgan fingerprint density at radius 3 is 2.38 bits per heavy atom. The maximum Gasteiger partial charge on any atom is 0.319 e. The smallest absolute Gasteiger partial charge is 0.319 e. The van der Waals surface area contributed by atoms with E-state index < -0.39 is 0 Å². The second-order valence-corrected chi connectivity index (χ2v) is 12.6. The fourth-order valence-electron chi connectivity index (χ4n) is 6.34. The third kappa shape index (κ3) is 8.57. The number of piperidine rings is 1. The molecule has 2 heterocycles. The molecule has 5 rings (SSSR count). The highest BCUT2D eigenvalue weighted by atomic mass is 16.5. The summed E-state index contributed by atoms with van der Waals surface area (Å²) in [6, 6.07) is 16.8. The van der Waals surface area contributed by atoms with E-state index in [2.05, 4.69) is 22.5 Å². The molecule has 0 bridgehead atoms. The van der Waals surface area contributed by atoms with Crippen molar-refractivity contribution in [3.05, 3.63) is 71.3 Å². The van der Waals surface area contributed by atoms with Crippen LogP contribution in [0.15, 0.2) is 54.6 Å². The number of urea groups is 1. The first-order chi connectivity index (χ1) is 22.8. The third-order valence-corrected chi connectivity index (χ3v) is 9.24. The maximum absolute atomic E-state index is 13.6. The average Bonchev–Trinajstić information content (AvgIpc) is 3.51. The Hall–Kier alpha value is -4.24. The number of nitrogens with one attached hydrogen (secondary N) is 2. The molecular formula is C38H50N4O5. The molecule has 3 aromatic carbocycles. The van der Waals surface area contributed by atoms with Crippen LogP contribution in [0.4, 0.5) is 16.2 Å². The van der Waals surface area contributed by atoms with Gasteiger partial charge in [0.05, 0.1) is 7.11 Å². The van der Waals surface area contributed by atoms with Crippen molar-refractivity contribution in [1.29, 1.82) is 0 Å². The van der Waals surface area contributed by atoms with Crippen LogP contribution in [0, 0.1) is 6.92 Å². The molecule has 0 aliphatic carbocycles. The number of rotatable bonds is 13. The fourth-order valence-corrected chi connectivity index (χ4v) is 6.34. The number of anilines is 2. The zero-order valence-corrected chi connectivity index (χ0v) is 28.6. The maximum atomic E-state index is 13.6. The second kappa shape index (κ2) is 16.0. The fraction of sp³-hybridized carbons (Fsp3) is 0.474. The Kier molecular flexibility index (Phi) is 11.6. The lowest BCUT2D eigenvalue weighted by atomic mass is 10.1. The molecule has 1 fully saturated rings. The van der Waals surface area contributed by atoms with Crippen LogP contribution in [-0.2, 0) is 6.42 Å². The summed E-state index contributed by atoms with van der Waals surface area (Å²) in [4.78, 5) is 30.4. The quantitative estimate of drug-likeness (QED) is 0.197. The van der Waals surface area contributed by atoms with E-state index in [1.165, 1.54) is 19.4 Å². The minimum absolute atomic E-state index is 0.0192. The summed E-state index contributed by atoms with van der Waals surface area (Å²) in [5.41, 5.74) is 4.19. The Morgan fingerprint density at radius 2 is 1.68 bits per heavy atom. The number of carbonyl (C=O) groups excluding carboxylic acids is 2. The number of unbranched alkanes of at least 4 members (excludes halogenated alkanes) is 1. The Morgan fingerprint density at radius 1 is 0.915 bits per heavy atom. The van der Waals surface area contributed by atoms with Gasteiger partial charge in [0.2, 0.25) is 0 Å². The second-order valence-electron chi connectivity index (χ2n) is 12.6. The standard InChI is InChI=1S/C38H50N4O5/c1-6-9-19-41-20-17-31(18-21-41)46-34-14-10-28(23-26(34)4)37(43)42-22-16-27-24-32(12-13-33(27)42)47-35-15-11-30(25-36(35)45-5)40-38(44)39-29(7-2)8-3/h10-15,23-25,29,31H,6-9,16-22H2,1-5H3,(H2,39,40,44). The monoisotopic (exact) mass is 642 g/mol. The Balaban J connectivity index is 1.20. The van der Waals surface area contributed by atoms with Crippen LogP contribution in [0.2, 0.25) is 0 Å². The van der Waals surface area contributed by atoms with E-state index in [0.717, 1.165) is 67.8 Å². The molecule has 3 aromatic rings. The molecule has 2 aliphatic rings. The molecule has 0 atom stereocenters. The highest BCUT2D eigenvalue weighted by molar-refractivity contribution is 6.07. The van der Waals surface area contributed by atoms with Crippen molar-refractivity contribution in [1.82, 2.24) is 10.2 Å². The number of methoxy groups -OCH3 is 1. The number of aryl methyl sites for hydroxylation is 1. The number of fused-ring (bicyclic) bond motifs is 1. The van der Waals surface area contributed by atoms with Gasteiger partial charge in [0.1, 0.15) is 17.6 Å². The molecule has 2 N–H and O–H groups in total. The predicted molar refractivity (Wildman–Crippen MR) is 188 cm³/mol. The molecule has 9 nitrogen and oxygen atoms in total. The Bertz CT molecular complexity index is 1530. The van der Waals surface area contributed by atoms with E-state index >= 15 is 0 Å². The van der Waals surface area contributed by atoms with Gasteiger partial charge in [0.15, 0.2) is 11.5 Å². The van der Waals surface area contributed by atoms with Crippen LogP contribution < -0.4 is 29.7 Å². The van der Waals surface area contributed by atoms with Crippen molar-refractivity contribution in [2.75, 3.05) is 43.5 Å². The van der Waals surface area contributed by atoms with Gasteiger partial charge >= 0.3 is 6.03 Å². The summed E-state index contributed by atoms with van der Waals surface area (Å²) in [6.45, 7) is 12.3. The summed E-state index contributed by atoms with van der Waals surface area (Å²) >= 11 is 0. The normalized spacial score (nSPS) is 15.0. The predicted octanol–water partition coefficient (Wildman–Crippen LogP) is 7.95. The van der Waals surface area contributed by atoms with Gasteiger partial charge in [-0.25, -0.2) is 4.79 Å². The van der Waals surface area contributed by atoms with Gasteiger partial charge in [-0.3, -0.25) is 4.79 Å². The molecule has 0 aromatic heterocycles. The van der Waals surface area contributed by atoms with E-state index in [1.54, 1.807) is 25.3 Å². The average molecular weight is 643 g/mol. The molecule has 9 heteroatoms. The largest absolute Gasteiger partial charge is 0.493 e. The van der Waals surface area contributed by atoms with Crippen LogP contribution in [0.5, 0.6) is 23.0 Å². The van der Waals surface area contributed by atoms with E-state index in [4.69, 9.17) is 14.2 Å². The molecule has 3 amide bonds. The van der Waals surface area contributed by atoms with Gasteiger partial charge in [0.25, 0.3) is 5.91 Å². The van der Waals surface area contributed by atoms with E-state index in [1.807, 2.05) is 62.1 Å². The number of carbonyl (C=O) groups is 2. The molecule has 0 unspecified atom stereocenters. The first kappa shape index (κ1) is 34.1. The van der Waals surface area contributed by atoms with E-state index in [9.17, 15) is 9.59 Å². The van der Waals surface area contributed by atoms with Gasteiger partial charge in [-0.15, -0.1) is 0 Å².